The summed E-state index contributed by atoms with van der Waals surface area (Å²) in [4.78, 5) is 25.7. The second-order valence-corrected chi connectivity index (χ2v) is 13.7. The molecule has 0 radical (unpaired) electrons. The van der Waals surface area contributed by atoms with E-state index in [0.717, 1.165) is 44.9 Å². The van der Waals surface area contributed by atoms with Gasteiger partial charge in [0.05, 0.1) is 6.10 Å². The van der Waals surface area contributed by atoms with Gasteiger partial charge in [-0.3, -0.25) is 9.59 Å². The molecule has 6 nitrogen and oxygen atoms in total. The molecular formula is C29H44O6. The molecule has 6 rings (SSSR count). The Kier molecular flexibility index (Phi) is 5.57. The van der Waals surface area contributed by atoms with Crippen molar-refractivity contribution in [3.63, 3.8) is 0 Å². The fourth-order valence-electron chi connectivity index (χ4n) is 10.3. The molecule has 35 heavy (non-hydrogen) atoms. The van der Waals surface area contributed by atoms with Gasteiger partial charge < -0.3 is 19.3 Å². The van der Waals surface area contributed by atoms with Gasteiger partial charge in [-0.05, 0) is 80.0 Å². The molecule has 196 valence electrons. The lowest BCUT2D eigenvalue weighted by Gasteiger charge is -2.60. The van der Waals surface area contributed by atoms with Crippen LogP contribution in [0.4, 0.5) is 0 Å². The van der Waals surface area contributed by atoms with Crippen LogP contribution >= 0.6 is 0 Å². The van der Waals surface area contributed by atoms with E-state index < -0.39 is 11.2 Å². The number of ether oxygens (including phenoxy) is 3. The molecule has 0 amide bonds. The van der Waals surface area contributed by atoms with Gasteiger partial charge in [0.1, 0.15) is 18.0 Å². The number of fused-ring (bicyclic) bond motifs is 7. The maximum Gasteiger partial charge on any atom is 0.302 e. The first-order valence-electron chi connectivity index (χ1n) is 14.2. The van der Waals surface area contributed by atoms with E-state index in [2.05, 4.69) is 27.7 Å². The van der Waals surface area contributed by atoms with Crippen molar-refractivity contribution >= 4 is 11.8 Å². The predicted molar refractivity (Wildman–Crippen MR) is 129 cm³/mol. The monoisotopic (exact) mass is 488 g/mol. The molecule has 4 saturated carbocycles. The van der Waals surface area contributed by atoms with Crippen LogP contribution in [-0.4, -0.2) is 47.6 Å². The molecule has 0 aromatic carbocycles. The summed E-state index contributed by atoms with van der Waals surface area (Å²) in [6.07, 6.45) is 7.17. The molecule has 0 unspecified atom stereocenters. The van der Waals surface area contributed by atoms with Gasteiger partial charge in [-0.25, -0.2) is 0 Å². The number of rotatable bonds is 2. The first kappa shape index (κ1) is 24.4. The summed E-state index contributed by atoms with van der Waals surface area (Å²) in [5.41, 5.74) is -0.298. The molecule has 0 aromatic rings. The summed E-state index contributed by atoms with van der Waals surface area (Å²) in [5, 5.41) is 11.7. The van der Waals surface area contributed by atoms with Crippen molar-refractivity contribution in [3.05, 3.63) is 0 Å². The van der Waals surface area contributed by atoms with Crippen LogP contribution in [-0.2, 0) is 23.8 Å². The minimum Gasteiger partial charge on any atom is -0.463 e. The zero-order valence-corrected chi connectivity index (χ0v) is 22.1. The minimum absolute atomic E-state index is 0.0324. The van der Waals surface area contributed by atoms with E-state index in [1.807, 2.05) is 0 Å². The van der Waals surface area contributed by atoms with Crippen LogP contribution in [0.2, 0.25) is 0 Å². The van der Waals surface area contributed by atoms with Crippen LogP contribution in [0.25, 0.3) is 0 Å². The maximum absolute atomic E-state index is 14.1. The highest BCUT2D eigenvalue weighted by atomic mass is 16.7. The fourth-order valence-corrected chi connectivity index (χ4v) is 10.3. The van der Waals surface area contributed by atoms with Crippen LogP contribution in [0.3, 0.4) is 0 Å². The van der Waals surface area contributed by atoms with E-state index in [1.54, 1.807) is 0 Å². The summed E-state index contributed by atoms with van der Waals surface area (Å²) >= 11 is 0. The lowest BCUT2D eigenvalue weighted by molar-refractivity contribution is -0.266. The van der Waals surface area contributed by atoms with E-state index in [0.29, 0.717) is 48.4 Å². The van der Waals surface area contributed by atoms with Crippen LogP contribution in [0.15, 0.2) is 0 Å². The summed E-state index contributed by atoms with van der Waals surface area (Å²) in [6.45, 7) is 11.0. The standard InChI is InChI=1S/C29H44O6/c1-15-10-25(33-14-15)29(32)16(2)26-23(35-29)12-22-20-7-6-18-11-19(34-17(3)30)8-9-27(18,4)21(20)13-24(31)28(22,26)5/h15-16,18-23,25-26,32H,6-14H2,1-5H3/t15-,16-,18-,19-,20+,21-,22-,23-,25+,26-,27-,28+,29-/m0/s1. The molecule has 2 heterocycles. The van der Waals surface area contributed by atoms with Crippen molar-refractivity contribution in [1.29, 1.82) is 0 Å². The van der Waals surface area contributed by atoms with E-state index in [-0.39, 0.29) is 41.5 Å². The number of carbonyl (C=O) groups excluding carboxylic acids is 2. The molecule has 0 spiro atoms. The Hall–Kier alpha value is -0.980. The van der Waals surface area contributed by atoms with Gasteiger partial charge >= 0.3 is 5.97 Å². The second-order valence-electron chi connectivity index (χ2n) is 13.7. The van der Waals surface area contributed by atoms with Gasteiger partial charge in [-0.15, -0.1) is 0 Å². The molecule has 13 atom stereocenters. The third-order valence-electron chi connectivity index (χ3n) is 12.1. The first-order chi connectivity index (χ1) is 16.5. The first-order valence-corrected chi connectivity index (χ1v) is 14.2. The van der Waals surface area contributed by atoms with Gasteiger partial charge in [0.15, 0.2) is 5.79 Å². The lowest BCUT2D eigenvalue weighted by atomic mass is 9.44. The normalized spacial score (nSPS) is 57.3. The highest BCUT2D eigenvalue weighted by Crippen LogP contribution is 2.70. The zero-order valence-electron chi connectivity index (χ0n) is 22.1. The van der Waals surface area contributed by atoms with Crippen LogP contribution in [0.1, 0.15) is 86.0 Å². The van der Waals surface area contributed by atoms with Crippen molar-refractivity contribution in [2.75, 3.05) is 6.61 Å². The number of ketones is 1. The summed E-state index contributed by atoms with van der Waals surface area (Å²) < 4.78 is 18.1. The molecule has 6 heteroatoms. The third kappa shape index (κ3) is 3.31. The number of hydrogen-bond acceptors (Lipinski definition) is 6. The molecular weight excluding hydrogens is 444 g/mol. The van der Waals surface area contributed by atoms with Crippen molar-refractivity contribution in [2.24, 2.45) is 52.3 Å². The smallest absolute Gasteiger partial charge is 0.302 e. The quantitative estimate of drug-likeness (QED) is 0.576. The zero-order chi connectivity index (χ0) is 24.9. The maximum atomic E-state index is 14.1. The van der Waals surface area contributed by atoms with E-state index in [9.17, 15) is 14.7 Å². The van der Waals surface area contributed by atoms with Gasteiger partial charge in [0, 0.05) is 37.2 Å². The number of hydrogen-bond donors (Lipinski definition) is 1. The Labute approximate surface area is 209 Å². The van der Waals surface area contributed by atoms with Crippen molar-refractivity contribution in [2.45, 2.75) is 110 Å². The summed E-state index contributed by atoms with van der Waals surface area (Å²) in [5.74, 6) is 1.04. The lowest BCUT2D eigenvalue weighted by Crippen LogP contribution is -2.58. The van der Waals surface area contributed by atoms with Crippen LogP contribution in [0.5, 0.6) is 0 Å². The molecule has 2 saturated heterocycles. The molecule has 0 bridgehead atoms. The Bertz CT molecular complexity index is 904. The molecule has 1 N–H and O–H groups in total. The SMILES string of the molecule is CC(=O)O[C@H]1CC[C@@]2(C)[C@@H](CC[C@@H]3[C@@H]2CC(=O)[C@]2(C)[C@@H]4[C@H](C[C@@H]32)O[C@](O)([C@H]2C[C@H](C)CO2)[C@H]4C)C1. The van der Waals surface area contributed by atoms with Crippen LogP contribution in [0, 0.1) is 52.3 Å². The van der Waals surface area contributed by atoms with E-state index >= 15 is 0 Å². The Balaban J connectivity index is 1.25. The Morgan fingerprint density at radius 2 is 1.86 bits per heavy atom. The Morgan fingerprint density at radius 3 is 2.54 bits per heavy atom. The fraction of sp³-hybridized carbons (Fsp3) is 0.931. The van der Waals surface area contributed by atoms with Gasteiger partial charge in [0.25, 0.3) is 0 Å². The third-order valence-corrected chi connectivity index (χ3v) is 12.1. The summed E-state index contributed by atoms with van der Waals surface area (Å²) in [7, 11) is 0. The van der Waals surface area contributed by atoms with Gasteiger partial charge in [-0.2, -0.15) is 0 Å². The average Bonchev–Trinajstić information content (AvgIpc) is 3.43. The highest BCUT2D eigenvalue weighted by molar-refractivity contribution is 5.87. The molecule has 4 aliphatic carbocycles. The number of carbonyl (C=O) groups is 2. The molecule has 6 fully saturated rings. The van der Waals surface area contributed by atoms with Crippen molar-refractivity contribution in [3.8, 4) is 0 Å². The van der Waals surface area contributed by atoms with E-state index in [4.69, 9.17) is 14.2 Å². The van der Waals surface area contributed by atoms with Crippen LogP contribution < -0.4 is 0 Å². The van der Waals surface area contributed by atoms with E-state index in [1.165, 1.54) is 6.92 Å². The Morgan fingerprint density at radius 1 is 1.09 bits per heavy atom. The van der Waals surface area contributed by atoms with Crippen molar-refractivity contribution < 1.29 is 28.9 Å². The predicted octanol–water partition coefficient (Wildman–Crippen LogP) is 4.51. The highest BCUT2D eigenvalue weighted by Gasteiger charge is 2.72. The second kappa shape index (κ2) is 8.01. The van der Waals surface area contributed by atoms with Gasteiger partial charge in [-0.1, -0.05) is 27.7 Å². The molecule has 6 aliphatic rings. The number of esters is 1. The molecule has 2 aliphatic heterocycles. The summed E-state index contributed by atoms with van der Waals surface area (Å²) in [6, 6.07) is 0. The average molecular weight is 489 g/mol. The largest absolute Gasteiger partial charge is 0.463 e. The van der Waals surface area contributed by atoms with Gasteiger partial charge in [0.2, 0.25) is 0 Å². The minimum atomic E-state index is -1.29. The van der Waals surface area contributed by atoms with Crippen molar-refractivity contribution in [1.82, 2.24) is 0 Å². The topological polar surface area (TPSA) is 82.1 Å². The number of aliphatic hydroxyl groups is 1. The molecule has 0 aromatic heterocycles. The number of Topliss-reactive ketones (excluding diaryl/α,β-unsaturated/α-hetero) is 1.